The number of amides is 2. The van der Waals surface area contributed by atoms with Crippen LogP contribution in [0.3, 0.4) is 0 Å². The maximum absolute atomic E-state index is 12.6. The van der Waals surface area contributed by atoms with Crippen molar-refractivity contribution in [2.24, 2.45) is 0 Å². The number of anilines is 1. The Morgan fingerprint density at radius 2 is 1.83 bits per heavy atom. The molecule has 2 aromatic rings. The molecule has 4 nitrogen and oxygen atoms in total. The maximum Gasteiger partial charge on any atom is 0.416 e. The number of hydroxylamine groups is 1. The number of urea groups is 1. The van der Waals surface area contributed by atoms with E-state index in [4.69, 9.17) is 4.84 Å². The molecule has 0 spiro atoms. The van der Waals surface area contributed by atoms with Crippen LogP contribution in [0.25, 0.3) is 0 Å². The van der Waals surface area contributed by atoms with Crippen molar-refractivity contribution in [3.8, 4) is 5.75 Å². The minimum absolute atomic E-state index is 0.106. The molecule has 0 radical (unpaired) electrons. The Bertz CT molecular complexity index is 702. The van der Waals surface area contributed by atoms with Gasteiger partial charge in [0, 0.05) is 12.7 Å². The Morgan fingerprint density at radius 1 is 1.13 bits per heavy atom. The van der Waals surface area contributed by atoms with Gasteiger partial charge in [-0.25, -0.2) is 4.79 Å². The molecule has 1 N–H and O–H groups in total. The number of benzene rings is 2. The maximum atomic E-state index is 12.6. The first kappa shape index (κ1) is 16.7. The summed E-state index contributed by atoms with van der Waals surface area (Å²) in [6, 6.07) is 10.9. The predicted octanol–water partition coefficient (Wildman–Crippen LogP) is 4.15. The highest BCUT2D eigenvalue weighted by atomic mass is 19.4. The summed E-state index contributed by atoms with van der Waals surface area (Å²) in [5.74, 6) is -0.106. The van der Waals surface area contributed by atoms with E-state index in [1.807, 2.05) is 13.0 Å². The first-order chi connectivity index (χ1) is 10.8. The van der Waals surface area contributed by atoms with Crippen LogP contribution in [0.15, 0.2) is 48.5 Å². The molecule has 2 aromatic carbocycles. The first-order valence-electron chi connectivity index (χ1n) is 6.72. The SMILES string of the molecule is Cc1cccc(N(C)C(=O)NOc2cccc(C(F)(F)F)c2)c1. The van der Waals surface area contributed by atoms with Gasteiger partial charge in [0.1, 0.15) is 0 Å². The number of carbonyl (C=O) groups is 1. The fourth-order valence-corrected chi connectivity index (χ4v) is 1.86. The van der Waals surface area contributed by atoms with Gasteiger partial charge in [0.15, 0.2) is 5.75 Å². The van der Waals surface area contributed by atoms with Crippen molar-refractivity contribution in [2.75, 3.05) is 11.9 Å². The summed E-state index contributed by atoms with van der Waals surface area (Å²) in [6.07, 6.45) is -4.47. The number of nitrogens with zero attached hydrogens (tertiary/aromatic N) is 1. The van der Waals surface area contributed by atoms with E-state index in [0.29, 0.717) is 5.69 Å². The largest absolute Gasteiger partial charge is 0.416 e. The summed E-state index contributed by atoms with van der Waals surface area (Å²) in [4.78, 5) is 18.2. The van der Waals surface area contributed by atoms with Crippen LogP contribution in [0, 0.1) is 6.92 Å². The molecule has 0 aliphatic carbocycles. The topological polar surface area (TPSA) is 41.6 Å². The predicted molar refractivity (Wildman–Crippen MR) is 80.2 cm³/mol. The number of alkyl halides is 3. The Labute approximate surface area is 131 Å². The van der Waals surface area contributed by atoms with Crippen molar-refractivity contribution >= 4 is 11.7 Å². The third-order valence-corrected chi connectivity index (χ3v) is 3.11. The highest BCUT2D eigenvalue weighted by molar-refractivity contribution is 5.90. The summed E-state index contributed by atoms with van der Waals surface area (Å²) in [5.41, 5.74) is 2.87. The minimum atomic E-state index is -4.47. The van der Waals surface area contributed by atoms with Crippen LogP contribution in [-0.2, 0) is 6.18 Å². The van der Waals surface area contributed by atoms with E-state index in [1.54, 1.807) is 18.2 Å². The quantitative estimate of drug-likeness (QED) is 0.862. The van der Waals surface area contributed by atoms with Crippen LogP contribution >= 0.6 is 0 Å². The number of rotatable bonds is 3. The Hall–Kier alpha value is -2.70. The van der Waals surface area contributed by atoms with E-state index >= 15 is 0 Å². The van der Waals surface area contributed by atoms with Gasteiger partial charge in [0.05, 0.1) is 5.56 Å². The van der Waals surface area contributed by atoms with Crippen molar-refractivity contribution < 1.29 is 22.8 Å². The fraction of sp³-hybridized carbons (Fsp3) is 0.188. The zero-order chi connectivity index (χ0) is 17.0. The van der Waals surface area contributed by atoms with Crippen molar-refractivity contribution in [1.29, 1.82) is 0 Å². The van der Waals surface area contributed by atoms with Crippen molar-refractivity contribution in [2.45, 2.75) is 13.1 Å². The van der Waals surface area contributed by atoms with E-state index in [-0.39, 0.29) is 5.75 Å². The highest BCUT2D eigenvalue weighted by Crippen LogP contribution is 2.31. The van der Waals surface area contributed by atoms with Gasteiger partial charge in [-0.15, -0.1) is 0 Å². The van der Waals surface area contributed by atoms with Gasteiger partial charge in [-0.05, 0) is 42.8 Å². The van der Waals surface area contributed by atoms with Crippen molar-refractivity contribution in [3.63, 3.8) is 0 Å². The molecule has 0 heterocycles. The summed E-state index contributed by atoms with van der Waals surface area (Å²) in [6.45, 7) is 1.88. The number of hydrogen-bond acceptors (Lipinski definition) is 2. The smallest absolute Gasteiger partial charge is 0.378 e. The lowest BCUT2D eigenvalue weighted by Crippen LogP contribution is -2.39. The van der Waals surface area contributed by atoms with E-state index in [1.165, 1.54) is 24.1 Å². The lowest BCUT2D eigenvalue weighted by molar-refractivity contribution is -0.137. The van der Waals surface area contributed by atoms with Crippen LogP contribution in [-0.4, -0.2) is 13.1 Å². The number of carbonyl (C=O) groups excluding carboxylic acids is 1. The van der Waals surface area contributed by atoms with Gasteiger partial charge < -0.3 is 4.84 Å². The van der Waals surface area contributed by atoms with E-state index in [9.17, 15) is 18.0 Å². The summed E-state index contributed by atoms with van der Waals surface area (Å²) in [5, 5.41) is 0. The Kier molecular flexibility index (Phi) is 4.78. The standard InChI is InChI=1S/C16H15F3N2O2/c1-11-5-3-7-13(9-11)21(2)15(22)20-23-14-8-4-6-12(10-14)16(17,18)19/h3-10H,1-2H3,(H,20,22). The van der Waals surface area contributed by atoms with E-state index in [2.05, 4.69) is 5.48 Å². The molecule has 2 amide bonds. The number of halogens is 3. The van der Waals surface area contributed by atoms with Crippen LogP contribution in [0.5, 0.6) is 5.75 Å². The van der Waals surface area contributed by atoms with Gasteiger partial charge in [-0.2, -0.15) is 18.7 Å². The zero-order valence-electron chi connectivity index (χ0n) is 12.5. The molecule has 0 atom stereocenters. The van der Waals surface area contributed by atoms with Crippen LogP contribution in [0.1, 0.15) is 11.1 Å². The van der Waals surface area contributed by atoms with Crippen LogP contribution in [0.2, 0.25) is 0 Å². The minimum Gasteiger partial charge on any atom is -0.378 e. The van der Waals surface area contributed by atoms with Gasteiger partial charge in [-0.1, -0.05) is 18.2 Å². The van der Waals surface area contributed by atoms with Gasteiger partial charge in [0.2, 0.25) is 0 Å². The average molecular weight is 324 g/mol. The van der Waals surface area contributed by atoms with Gasteiger partial charge >= 0.3 is 12.2 Å². The molecule has 7 heteroatoms. The number of hydrogen-bond donors (Lipinski definition) is 1. The third-order valence-electron chi connectivity index (χ3n) is 3.11. The van der Waals surface area contributed by atoms with E-state index < -0.39 is 17.8 Å². The average Bonchev–Trinajstić information content (AvgIpc) is 2.51. The molecule has 0 aliphatic rings. The monoisotopic (exact) mass is 324 g/mol. The van der Waals surface area contributed by atoms with Gasteiger partial charge in [0.25, 0.3) is 0 Å². The summed E-state index contributed by atoms with van der Waals surface area (Å²) in [7, 11) is 1.53. The van der Waals surface area contributed by atoms with Crippen LogP contribution < -0.4 is 15.2 Å². The summed E-state index contributed by atoms with van der Waals surface area (Å²) >= 11 is 0. The second-order valence-corrected chi connectivity index (χ2v) is 4.93. The molecule has 122 valence electrons. The molecule has 0 unspecified atom stereocenters. The molecule has 0 bridgehead atoms. The molecule has 0 fully saturated rings. The normalized spacial score (nSPS) is 11.0. The third kappa shape index (κ3) is 4.38. The number of aryl methyl sites for hydroxylation is 1. The van der Waals surface area contributed by atoms with Crippen molar-refractivity contribution in [3.05, 3.63) is 59.7 Å². The lowest BCUT2D eigenvalue weighted by Gasteiger charge is -2.18. The molecular weight excluding hydrogens is 309 g/mol. The Morgan fingerprint density at radius 3 is 2.48 bits per heavy atom. The first-order valence-corrected chi connectivity index (χ1v) is 6.72. The van der Waals surface area contributed by atoms with Crippen molar-refractivity contribution in [1.82, 2.24) is 5.48 Å². The fourth-order valence-electron chi connectivity index (χ4n) is 1.86. The Balaban J connectivity index is 2.02. The molecule has 23 heavy (non-hydrogen) atoms. The highest BCUT2D eigenvalue weighted by Gasteiger charge is 2.30. The molecular formula is C16H15F3N2O2. The molecule has 0 saturated carbocycles. The second kappa shape index (κ2) is 6.60. The zero-order valence-corrected chi connectivity index (χ0v) is 12.5. The van der Waals surface area contributed by atoms with Crippen LogP contribution in [0.4, 0.5) is 23.7 Å². The summed E-state index contributed by atoms with van der Waals surface area (Å²) < 4.78 is 37.8. The molecule has 0 saturated heterocycles. The number of nitrogens with one attached hydrogen (secondary N) is 1. The molecule has 2 rings (SSSR count). The van der Waals surface area contributed by atoms with Gasteiger partial charge in [-0.3, -0.25) is 4.90 Å². The molecule has 0 aliphatic heterocycles. The molecule has 0 aromatic heterocycles. The second-order valence-electron chi connectivity index (χ2n) is 4.93. The van der Waals surface area contributed by atoms with E-state index in [0.717, 1.165) is 17.7 Å². The lowest BCUT2D eigenvalue weighted by atomic mass is 10.2.